The van der Waals surface area contributed by atoms with Gasteiger partial charge in [0.1, 0.15) is 0 Å². The summed E-state index contributed by atoms with van der Waals surface area (Å²) in [6.45, 7) is 34.6. The van der Waals surface area contributed by atoms with Crippen LogP contribution < -0.4 is 0 Å². The highest BCUT2D eigenvalue weighted by Crippen LogP contribution is 2.77. The van der Waals surface area contributed by atoms with E-state index in [1.165, 1.54) is 32.1 Å². The van der Waals surface area contributed by atoms with E-state index < -0.39 is 12.2 Å². The third-order valence-corrected chi connectivity index (χ3v) is 16.2. The molecule has 0 heterocycles. The summed E-state index contributed by atoms with van der Waals surface area (Å²) in [6, 6.07) is 0. The summed E-state index contributed by atoms with van der Waals surface area (Å²) in [7, 11) is 0. The number of hydrogen-bond donors (Lipinski definition) is 2. The topological polar surface area (TPSA) is 40.5 Å². The fourth-order valence-corrected chi connectivity index (χ4v) is 12.7. The van der Waals surface area contributed by atoms with E-state index in [1.54, 1.807) is 0 Å². The zero-order chi connectivity index (χ0) is 29.7. The molecule has 4 rings (SSSR count). The average Bonchev–Trinajstić information content (AvgIpc) is 2.79. The zero-order valence-corrected chi connectivity index (χ0v) is 28.6. The second-order valence-electron chi connectivity index (χ2n) is 18.3. The number of aliphatic hydroxyl groups is 2. The van der Waals surface area contributed by atoms with Crippen molar-refractivity contribution in [2.75, 3.05) is 0 Å². The smallest absolute Gasteiger partial charge is 0.0657 e. The molecule has 0 bridgehead atoms. The lowest BCUT2D eigenvalue weighted by Gasteiger charge is -2.76. The Labute approximate surface area is 243 Å². The minimum atomic E-state index is -0.467. The van der Waals surface area contributed by atoms with Gasteiger partial charge in [-0.1, -0.05) is 103 Å². The largest absolute Gasteiger partial charge is 0.393 e. The van der Waals surface area contributed by atoms with Crippen LogP contribution in [0.15, 0.2) is 0 Å². The maximum absolute atomic E-state index is 12.3. The van der Waals surface area contributed by atoms with Gasteiger partial charge in [0.15, 0.2) is 0 Å². The first kappa shape index (κ1) is 31.8. The normalized spacial score (nSPS) is 53.4. The SMILES string of the molecule is CC(O)C1C(C)CC2(C)C(C)C3(C)C(CCC(C)(C)C(C)(C)C)C4CCCC(C)C4C(C)C3C(C)C2(C)C1O. The molecule has 39 heavy (non-hydrogen) atoms. The number of hydrogen-bond acceptors (Lipinski definition) is 2. The molecular formula is C37H68O2. The van der Waals surface area contributed by atoms with Gasteiger partial charge >= 0.3 is 0 Å². The van der Waals surface area contributed by atoms with Gasteiger partial charge in [0, 0.05) is 11.3 Å². The molecule has 0 aromatic carbocycles. The Hall–Kier alpha value is -0.0800. The second-order valence-corrected chi connectivity index (χ2v) is 18.3. The summed E-state index contributed by atoms with van der Waals surface area (Å²) >= 11 is 0. The average molecular weight is 545 g/mol. The highest BCUT2D eigenvalue weighted by molar-refractivity contribution is 5.21. The van der Waals surface area contributed by atoms with Crippen LogP contribution in [0.25, 0.3) is 0 Å². The van der Waals surface area contributed by atoms with Gasteiger partial charge in [-0.25, -0.2) is 0 Å². The number of fused-ring (bicyclic) bond motifs is 3. The van der Waals surface area contributed by atoms with Crippen molar-refractivity contribution in [2.45, 2.75) is 148 Å². The summed E-state index contributed by atoms with van der Waals surface area (Å²) in [4.78, 5) is 0. The summed E-state index contributed by atoms with van der Waals surface area (Å²) < 4.78 is 0. The first-order chi connectivity index (χ1) is 17.7. The molecule has 4 aliphatic rings. The molecule has 15 unspecified atom stereocenters. The minimum absolute atomic E-state index is 0.0364. The Morgan fingerprint density at radius 2 is 1.49 bits per heavy atom. The molecular weight excluding hydrogens is 476 g/mol. The first-order valence-corrected chi connectivity index (χ1v) is 17.1. The standard InChI is InChI=1S/C37H68O2/c1-21-16-15-17-27-28(18-19-34(10,11)33(7,8)9)36(13)26(6)35(12)20-22(2)30(25(5)38)32(39)37(35,14)24(4)31(36)23(3)29(21)27/h21-32,38-39H,15-20H2,1-14H3. The quantitative estimate of drug-likeness (QED) is 0.370. The van der Waals surface area contributed by atoms with Crippen molar-refractivity contribution >= 4 is 0 Å². The van der Waals surface area contributed by atoms with Gasteiger partial charge in [0.2, 0.25) is 0 Å². The number of aliphatic hydroxyl groups excluding tert-OH is 2. The van der Waals surface area contributed by atoms with Gasteiger partial charge in [-0.15, -0.1) is 0 Å². The van der Waals surface area contributed by atoms with E-state index in [-0.39, 0.29) is 22.2 Å². The van der Waals surface area contributed by atoms with Gasteiger partial charge in [0.05, 0.1) is 12.2 Å². The molecule has 2 N–H and O–H groups in total. The van der Waals surface area contributed by atoms with E-state index in [9.17, 15) is 10.2 Å². The van der Waals surface area contributed by atoms with Crippen molar-refractivity contribution in [3.63, 3.8) is 0 Å². The van der Waals surface area contributed by atoms with E-state index in [4.69, 9.17) is 0 Å². The molecule has 0 radical (unpaired) electrons. The third kappa shape index (κ3) is 4.28. The predicted octanol–water partition coefficient (Wildman–Crippen LogP) is 9.48. The molecule has 0 aromatic rings. The van der Waals surface area contributed by atoms with Crippen LogP contribution >= 0.6 is 0 Å². The van der Waals surface area contributed by atoms with Crippen LogP contribution in [0.2, 0.25) is 0 Å². The van der Waals surface area contributed by atoms with Crippen molar-refractivity contribution in [3.8, 4) is 0 Å². The molecule has 15 atom stereocenters. The van der Waals surface area contributed by atoms with Crippen molar-refractivity contribution in [3.05, 3.63) is 0 Å². The predicted molar refractivity (Wildman–Crippen MR) is 166 cm³/mol. The molecule has 0 saturated heterocycles. The Balaban J connectivity index is 1.87. The summed E-state index contributed by atoms with van der Waals surface area (Å²) in [6.07, 6.45) is 7.04. The molecule has 0 aromatic heterocycles. The van der Waals surface area contributed by atoms with Gasteiger partial charge in [0.25, 0.3) is 0 Å². The van der Waals surface area contributed by atoms with Crippen molar-refractivity contribution < 1.29 is 10.2 Å². The second kappa shape index (κ2) is 9.99. The summed E-state index contributed by atoms with van der Waals surface area (Å²) in [5.41, 5.74) is 0.713. The highest BCUT2D eigenvalue weighted by atomic mass is 16.3. The highest BCUT2D eigenvalue weighted by Gasteiger charge is 2.73. The summed E-state index contributed by atoms with van der Waals surface area (Å²) in [5, 5.41) is 23.1. The molecule has 4 aliphatic carbocycles. The molecule has 2 heteroatoms. The van der Waals surface area contributed by atoms with Crippen molar-refractivity contribution in [2.24, 2.45) is 86.3 Å². The Bertz CT molecular complexity index is 884. The van der Waals surface area contributed by atoms with Crippen LogP contribution in [0.4, 0.5) is 0 Å². The number of rotatable bonds is 4. The Kier molecular flexibility index (Phi) is 8.16. The maximum Gasteiger partial charge on any atom is 0.0657 e. The van der Waals surface area contributed by atoms with Crippen LogP contribution in [0.5, 0.6) is 0 Å². The Morgan fingerprint density at radius 1 is 0.897 bits per heavy atom. The lowest BCUT2D eigenvalue weighted by Crippen LogP contribution is -2.73. The first-order valence-electron chi connectivity index (χ1n) is 17.1. The van der Waals surface area contributed by atoms with Gasteiger partial charge < -0.3 is 10.2 Å². The van der Waals surface area contributed by atoms with Gasteiger partial charge in [-0.05, 0) is 108 Å². The third-order valence-electron chi connectivity index (χ3n) is 16.2. The maximum atomic E-state index is 12.3. The molecule has 228 valence electrons. The molecule has 0 spiro atoms. The van der Waals surface area contributed by atoms with Gasteiger partial charge in [-0.2, -0.15) is 0 Å². The lowest BCUT2D eigenvalue weighted by atomic mass is 9.28. The van der Waals surface area contributed by atoms with Crippen LogP contribution in [0.1, 0.15) is 135 Å². The lowest BCUT2D eigenvalue weighted by molar-refractivity contribution is -0.308. The van der Waals surface area contributed by atoms with E-state index in [0.717, 1.165) is 30.1 Å². The molecule has 4 saturated carbocycles. The Morgan fingerprint density at radius 3 is 2.03 bits per heavy atom. The van der Waals surface area contributed by atoms with E-state index >= 15 is 0 Å². The fourth-order valence-electron chi connectivity index (χ4n) is 12.7. The van der Waals surface area contributed by atoms with Crippen LogP contribution in [0, 0.1) is 86.3 Å². The van der Waals surface area contributed by atoms with E-state index in [0.29, 0.717) is 40.4 Å². The summed E-state index contributed by atoms with van der Waals surface area (Å²) in [5.74, 6) is 5.71. The minimum Gasteiger partial charge on any atom is -0.393 e. The van der Waals surface area contributed by atoms with Crippen LogP contribution in [0.3, 0.4) is 0 Å². The molecule has 0 aliphatic heterocycles. The molecule has 2 nitrogen and oxygen atoms in total. The van der Waals surface area contributed by atoms with Crippen molar-refractivity contribution in [1.82, 2.24) is 0 Å². The monoisotopic (exact) mass is 545 g/mol. The van der Waals surface area contributed by atoms with Crippen LogP contribution in [-0.4, -0.2) is 22.4 Å². The molecule has 4 fully saturated rings. The van der Waals surface area contributed by atoms with Crippen molar-refractivity contribution in [1.29, 1.82) is 0 Å². The van der Waals surface area contributed by atoms with Crippen LogP contribution in [-0.2, 0) is 0 Å². The zero-order valence-electron chi connectivity index (χ0n) is 28.6. The fraction of sp³-hybridized carbons (Fsp3) is 1.00. The van der Waals surface area contributed by atoms with E-state index in [2.05, 4.69) is 90.0 Å². The van der Waals surface area contributed by atoms with E-state index in [1.807, 2.05) is 6.92 Å². The van der Waals surface area contributed by atoms with Gasteiger partial charge in [-0.3, -0.25) is 0 Å². The molecule has 0 amide bonds.